The summed E-state index contributed by atoms with van der Waals surface area (Å²) in [5.74, 6) is 0.922. The molecule has 1 N–H and O–H groups in total. The molecule has 2 heteroatoms. The molecule has 1 atom stereocenters. The van der Waals surface area contributed by atoms with Crippen molar-refractivity contribution >= 4 is 0 Å². The van der Waals surface area contributed by atoms with Gasteiger partial charge in [-0.05, 0) is 58.8 Å². The second kappa shape index (κ2) is 7.24. The zero-order chi connectivity index (χ0) is 11.1. The Morgan fingerprint density at radius 2 is 2.00 bits per heavy atom. The molecule has 1 unspecified atom stereocenters. The summed E-state index contributed by atoms with van der Waals surface area (Å²) in [6.45, 7) is 8.40. The van der Waals surface area contributed by atoms with Gasteiger partial charge in [-0.2, -0.15) is 0 Å². The lowest BCUT2D eigenvalue weighted by Crippen LogP contribution is -2.37. The summed E-state index contributed by atoms with van der Waals surface area (Å²) in [6, 6.07) is 0.713. The van der Waals surface area contributed by atoms with Gasteiger partial charge in [0.2, 0.25) is 0 Å². The van der Waals surface area contributed by atoms with Gasteiger partial charge in [-0.1, -0.05) is 19.8 Å². The highest BCUT2D eigenvalue weighted by Gasteiger charge is 2.16. The van der Waals surface area contributed by atoms with Crippen LogP contribution in [0.3, 0.4) is 0 Å². The summed E-state index contributed by atoms with van der Waals surface area (Å²) < 4.78 is 0. The van der Waals surface area contributed by atoms with Gasteiger partial charge in [0.1, 0.15) is 0 Å². The van der Waals surface area contributed by atoms with E-state index in [1.165, 1.54) is 51.7 Å². The van der Waals surface area contributed by atoms with Crippen LogP contribution in [0.2, 0.25) is 0 Å². The minimum atomic E-state index is 0.713. The van der Waals surface area contributed by atoms with E-state index in [1.807, 2.05) is 0 Å². The number of nitrogens with zero attached hydrogens (tertiary/aromatic N) is 1. The Bertz CT molecular complexity index is 151. The number of hydrogen-bond donors (Lipinski definition) is 1. The van der Waals surface area contributed by atoms with Crippen LogP contribution >= 0.6 is 0 Å². The molecule has 1 heterocycles. The standard InChI is InChI=1S/C13H28N2/c1-4-5-6-12(2)14-11-13-7-9-15(3)10-8-13/h12-14H,4-11H2,1-3H3. The van der Waals surface area contributed by atoms with Gasteiger partial charge in [0.15, 0.2) is 0 Å². The Labute approximate surface area is 95.4 Å². The highest BCUT2D eigenvalue weighted by atomic mass is 15.1. The maximum Gasteiger partial charge on any atom is 0.00388 e. The van der Waals surface area contributed by atoms with Crippen LogP contribution in [-0.2, 0) is 0 Å². The number of unbranched alkanes of at least 4 members (excludes halogenated alkanes) is 1. The van der Waals surface area contributed by atoms with Gasteiger partial charge in [0.05, 0.1) is 0 Å². The first-order chi connectivity index (χ1) is 7.22. The van der Waals surface area contributed by atoms with Crippen LogP contribution in [0.1, 0.15) is 46.0 Å². The van der Waals surface area contributed by atoms with Crippen molar-refractivity contribution in [3.8, 4) is 0 Å². The van der Waals surface area contributed by atoms with E-state index >= 15 is 0 Å². The molecule has 90 valence electrons. The Hall–Kier alpha value is -0.0800. The summed E-state index contributed by atoms with van der Waals surface area (Å²) >= 11 is 0. The fourth-order valence-corrected chi connectivity index (χ4v) is 2.25. The van der Waals surface area contributed by atoms with Gasteiger partial charge >= 0.3 is 0 Å². The normalized spacial score (nSPS) is 21.8. The average Bonchev–Trinajstić information content (AvgIpc) is 2.25. The molecular formula is C13H28N2. The van der Waals surface area contributed by atoms with E-state index in [4.69, 9.17) is 0 Å². The summed E-state index contributed by atoms with van der Waals surface area (Å²) in [5.41, 5.74) is 0. The van der Waals surface area contributed by atoms with Crippen molar-refractivity contribution in [1.82, 2.24) is 10.2 Å². The predicted octanol–water partition coefficient (Wildman–Crippen LogP) is 2.50. The number of hydrogen-bond acceptors (Lipinski definition) is 2. The van der Waals surface area contributed by atoms with E-state index in [9.17, 15) is 0 Å². The molecule has 1 rings (SSSR count). The molecule has 0 bridgehead atoms. The van der Waals surface area contributed by atoms with E-state index < -0.39 is 0 Å². The van der Waals surface area contributed by atoms with Crippen LogP contribution in [0.4, 0.5) is 0 Å². The van der Waals surface area contributed by atoms with E-state index in [-0.39, 0.29) is 0 Å². The van der Waals surface area contributed by atoms with Crippen molar-refractivity contribution < 1.29 is 0 Å². The summed E-state index contributed by atoms with van der Waals surface area (Å²) in [5, 5.41) is 3.68. The zero-order valence-corrected chi connectivity index (χ0v) is 10.8. The summed E-state index contributed by atoms with van der Waals surface area (Å²) in [7, 11) is 2.23. The van der Waals surface area contributed by atoms with Crippen LogP contribution in [-0.4, -0.2) is 37.6 Å². The second-order valence-corrected chi connectivity index (χ2v) is 5.20. The van der Waals surface area contributed by atoms with Crippen LogP contribution in [0.15, 0.2) is 0 Å². The fourth-order valence-electron chi connectivity index (χ4n) is 2.25. The fraction of sp³-hybridized carbons (Fsp3) is 1.00. The van der Waals surface area contributed by atoms with Crippen molar-refractivity contribution in [2.24, 2.45) is 5.92 Å². The monoisotopic (exact) mass is 212 g/mol. The largest absolute Gasteiger partial charge is 0.314 e. The van der Waals surface area contributed by atoms with Crippen molar-refractivity contribution in [1.29, 1.82) is 0 Å². The third-order valence-corrected chi connectivity index (χ3v) is 3.58. The molecule has 2 nitrogen and oxygen atoms in total. The lowest BCUT2D eigenvalue weighted by molar-refractivity contribution is 0.212. The number of likely N-dealkylation sites (tertiary alicyclic amines) is 1. The first-order valence-electron chi connectivity index (χ1n) is 6.64. The summed E-state index contributed by atoms with van der Waals surface area (Å²) in [4.78, 5) is 2.44. The maximum atomic E-state index is 3.68. The molecule has 0 aliphatic carbocycles. The highest BCUT2D eigenvalue weighted by Crippen LogP contribution is 2.15. The predicted molar refractivity (Wildman–Crippen MR) is 67.2 cm³/mol. The molecular weight excluding hydrogens is 184 g/mol. The molecule has 1 fully saturated rings. The van der Waals surface area contributed by atoms with Crippen molar-refractivity contribution in [3.63, 3.8) is 0 Å². The third-order valence-electron chi connectivity index (χ3n) is 3.58. The van der Waals surface area contributed by atoms with Crippen molar-refractivity contribution in [2.75, 3.05) is 26.7 Å². The van der Waals surface area contributed by atoms with Crippen LogP contribution in [0.25, 0.3) is 0 Å². The summed E-state index contributed by atoms with van der Waals surface area (Å²) in [6.07, 6.45) is 6.78. The molecule has 0 aromatic carbocycles. The molecule has 15 heavy (non-hydrogen) atoms. The molecule has 1 aliphatic rings. The Morgan fingerprint density at radius 1 is 1.33 bits per heavy atom. The van der Waals surface area contributed by atoms with E-state index in [0.29, 0.717) is 6.04 Å². The van der Waals surface area contributed by atoms with Gasteiger partial charge in [-0.15, -0.1) is 0 Å². The SMILES string of the molecule is CCCCC(C)NCC1CCN(C)CC1. The lowest BCUT2D eigenvalue weighted by atomic mass is 9.96. The molecule has 0 radical (unpaired) electrons. The molecule has 0 aromatic heterocycles. The van der Waals surface area contributed by atoms with Gasteiger partial charge in [0, 0.05) is 6.04 Å². The van der Waals surface area contributed by atoms with Crippen LogP contribution in [0.5, 0.6) is 0 Å². The van der Waals surface area contributed by atoms with E-state index in [0.717, 1.165) is 5.92 Å². The molecule has 1 aliphatic heterocycles. The minimum absolute atomic E-state index is 0.713. The Morgan fingerprint density at radius 3 is 2.60 bits per heavy atom. The quantitative estimate of drug-likeness (QED) is 0.728. The van der Waals surface area contributed by atoms with Gasteiger partial charge < -0.3 is 10.2 Å². The molecule has 0 aromatic rings. The van der Waals surface area contributed by atoms with E-state index in [2.05, 4.69) is 31.1 Å². The Kier molecular flexibility index (Phi) is 6.26. The molecule has 0 amide bonds. The van der Waals surface area contributed by atoms with E-state index in [1.54, 1.807) is 0 Å². The van der Waals surface area contributed by atoms with Gasteiger partial charge in [-0.3, -0.25) is 0 Å². The molecule has 0 saturated carbocycles. The lowest BCUT2D eigenvalue weighted by Gasteiger charge is -2.30. The first kappa shape index (κ1) is 13.0. The Balaban J connectivity index is 2.04. The topological polar surface area (TPSA) is 15.3 Å². The van der Waals surface area contributed by atoms with Crippen molar-refractivity contribution in [3.05, 3.63) is 0 Å². The molecule has 0 spiro atoms. The van der Waals surface area contributed by atoms with Gasteiger partial charge in [0.25, 0.3) is 0 Å². The first-order valence-corrected chi connectivity index (χ1v) is 6.64. The number of nitrogens with one attached hydrogen (secondary N) is 1. The highest BCUT2D eigenvalue weighted by molar-refractivity contribution is 4.73. The average molecular weight is 212 g/mol. The minimum Gasteiger partial charge on any atom is -0.314 e. The second-order valence-electron chi connectivity index (χ2n) is 5.20. The van der Waals surface area contributed by atoms with Gasteiger partial charge in [-0.25, -0.2) is 0 Å². The third kappa shape index (κ3) is 5.53. The van der Waals surface area contributed by atoms with Crippen LogP contribution in [0, 0.1) is 5.92 Å². The zero-order valence-electron chi connectivity index (χ0n) is 10.8. The smallest absolute Gasteiger partial charge is 0.00388 e. The molecule has 1 saturated heterocycles. The van der Waals surface area contributed by atoms with Crippen molar-refractivity contribution in [2.45, 2.75) is 52.0 Å². The van der Waals surface area contributed by atoms with Crippen LogP contribution < -0.4 is 5.32 Å². The maximum absolute atomic E-state index is 3.68. The number of piperidine rings is 1. The number of rotatable bonds is 6.